The van der Waals surface area contributed by atoms with Crippen LogP contribution < -0.4 is 5.11 Å². The van der Waals surface area contributed by atoms with Crippen molar-refractivity contribution in [1.82, 2.24) is 0 Å². The van der Waals surface area contributed by atoms with Crippen molar-refractivity contribution in [3.63, 3.8) is 0 Å². The van der Waals surface area contributed by atoms with Crippen molar-refractivity contribution >= 4 is 17.9 Å². The third-order valence-electron chi connectivity index (χ3n) is 12.0. The number of carboxylic acids is 1. The van der Waals surface area contributed by atoms with Gasteiger partial charge in [-0.1, -0.05) is 218 Å². The van der Waals surface area contributed by atoms with Gasteiger partial charge in [0.1, 0.15) is 13.2 Å². The SMILES string of the molecule is CCCCCCC/C=C\C/C=C\CCCCCCCCCCCCCCCC(=O)OC(COC(=O)CCCCCCCCCCCCCCCC)COC(OCC[N+](C)(C)C)C(=O)[O-]. The first kappa shape index (κ1) is 61.8. The number of unbranched alkanes of at least 4 members (excludes halogenated alkanes) is 31. The number of carbonyl (C=O) groups excluding carboxylic acids is 3. The second kappa shape index (κ2) is 47.3. The van der Waals surface area contributed by atoms with E-state index >= 15 is 0 Å². The molecule has 376 valence electrons. The fraction of sp³-hybridized carbons (Fsp3) is 0.873. The second-order valence-corrected chi connectivity index (χ2v) is 19.5. The predicted molar refractivity (Wildman–Crippen MR) is 265 cm³/mol. The summed E-state index contributed by atoms with van der Waals surface area (Å²) in [6, 6.07) is 0. The number of allylic oxidation sites excluding steroid dienone is 4. The Morgan fingerprint density at radius 2 is 0.844 bits per heavy atom. The van der Waals surface area contributed by atoms with Gasteiger partial charge < -0.3 is 33.3 Å². The van der Waals surface area contributed by atoms with Crippen molar-refractivity contribution in [3.05, 3.63) is 24.3 Å². The number of carbonyl (C=O) groups is 3. The molecule has 0 saturated heterocycles. The maximum Gasteiger partial charge on any atom is 0.306 e. The van der Waals surface area contributed by atoms with Gasteiger partial charge >= 0.3 is 11.9 Å². The highest BCUT2D eigenvalue weighted by Gasteiger charge is 2.22. The zero-order valence-corrected chi connectivity index (χ0v) is 42.7. The van der Waals surface area contributed by atoms with Gasteiger partial charge in [0.05, 0.1) is 40.3 Å². The Hall–Kier alpha value is -2.23. The van der Waals surface area contributed by atoms with Gasteiger partial charge in [-0.3, -0.25) is 9.59 Å². The van der Waals surface area contributed by atoms with Crippen molar-refractivity contribution in [2.45, 2.75) is 264 Å². The molecular formula is C55H103NO8. The number of nitrogens with zero attached hydrogens (tertiary/aromatic N) is 1. The number of aliphatic carboxylic acids is 1. The van der Waals surface area contributed by atoms with Crippen LogP contribution in [0, 0.1) is 0 Å². The van der Waals surface area contributed by atoms with Crippen LogP contribution in [0.4, 0.5) is 0 Å². The topological polar surface area (TPSA) is 111 Å². The lowest BCUT2D eigenvalue weighted by atomic mass is 10.0. The first-order valence-corrected chi connectivity index (χ1v) is 27.0. The molecule has 0 bridgehead atoms. The van der Waals surface area contributed by atoms with Gasteiger partial charge in [-0.05, 0) is 44.9 Å². The summed E-state index contributed by atoms with van der Waals surface area (Å²) >= 11 is 0. The van der Waals surface area contributed by atoms with Crippen LogP contribution in [-0.4, -0.2) is 82.3 Å². The van der Waals surface area contributed by atoms with Crippen molar-refractivity contribution in [3.8, 4) is 0 Å². The maximum atomic E-state index is 12.8. The highest BCUT2D eigenvalue weighted by atomic mass is 16.7. The number of likely N-dealkylation sites (N-methyl/N-ethyl adjacent to an activating group) is 1. The lowest BCUT2D eigenvalue weighted by Gasteiger charge is -2.26. The third kappa shape index (κ3) is 47.7. The number of quaternary nitrogens is 1. The molecule has 0 aliphatic rings. The maximum absolute atomic E-state index is 12.8. The molecule has 0 fully saturated rings. The molecule has 0 spiro atoms. The standard InChI is InChI=1S/C55H103NO8/c1-6-8-10-12-14-16-18-20-22-23-24-25-26-27-28-29-30-31-32-34-36-38-40-42-44-46-53(58)64-51(50-63-55(54(59)60)61-48-47-56(3,4)5)49-62-52(57)45-43-41-39-37-35-33-21-19-17-15-13-11-9-7-2/h18,20,23-24,51,55H,6-17,19,21-22,25-50H2,1-5H3/b20-18-,24-23-. The van der Waals surface area contributed by atoms with Gasteiger partial charge in [-0.15, -0.1) is 0 Å². The minimum absolute atomic E-state index is 0.150. The molecule has 9 nitrogen and oxygen atoms in total. The highest BCUT2D eigenvalue weighted by Crippen LogP contribution is 2.16. The smallest absolute Gasteiger partial charge is 0.306 e. The zero-order valence-electron chi connectivity index (χ0n) is 42.7. The zero-order chi connectivity index (χ0) is 47.0. The molecule has 9 heteroatoms. The number of carboxylic acid groups (broad SMARTS) is 1. The molecule has 0 aromatic heterocycles. The highest BCUT2D eigenvalue weighted by molar-refractivity contribution is 5.70. The van der Waals surface area contributed by atoms with Crippen LogP contribution >= 0.6 is 0 Å². The Bertz CT molecular complexity index is 1100. The van der Waals surface area contributed by atoms with E-state index in [1.54, 1.807) is 0 Å². The van der Waals surface area contributed by atoms with Gasteiger partial charge in [0.15, 0.2) is 12.4 Å². The molecule has 0 radical (unpaired) electrons. The molecule has 0 aromatic carbocycles. The Balaban J connectivity index is 4.23. The Morgan fingerprint density at radius 1 is 0.469 bits per heavy atom. The van der Waals surface area contributed by atoms with Crippen LogP contribution in [0.3, 0.4) is 0 Å². The molecule has 0 rings (SSSR count). The summed E-state index contributed by atoms with van der Waals surface area (Å²) in [6.07, 6.45) is 50.7. The van der Waals surface area contributed by atoms with E-state index in [-0.39, 0.29) is 32.2 Å². The largest absolute Gasteiger partial charge is 0.545 e. The van der Waals surface area contributed by atoms with E-state index in [0.29, 0.717) is 23.9 Å². The predicted octanol–water partition coefficient (Wildman–Crippen LogP) is 13.8. The number of esters is 2. The quantitative estimate of drug-likeness (QED) is 0.0195. The molecule has 64 heavy (non-hydrogen) atoms. The molecule has 0 aliphatic heterocycles. The van der Waals surface area contributed by atoms with Gasteiger partial charge in [0, 0.05) is 12.8 Å². The van der Waals surface area contributed by atoms with Crippen molar-refractivity contribution in [2.75, 3.05) is 47.5 Å². The summed E-state index contributed by atoms with van der Waals surface area (Å²) in [4.78, 5) is 37.1. The van der Waals surface area contributed by atoms with E-state index in [9.17, 15) is 19.5 Å². The van der Waals surface area contributed by atoms with Gasteiger partial charge in [-0.25, -0.2) is 0 Å². The molecular weight excluding hydrogens is 803 g/mol. The number of hydrogen-bond acceptors (Lipinski definition) is 8. The first-order valence-electron chi connectivity index (χ1n) is 27.0. The summed E-state index contributed by atoms with van der Waals surface area (Å²) in [6.45, 7) is 4.77. The molecule has 0 aromatic rings. The molecule has 0 amide bonds. The number of rotatable bonds is 50. The van der Waals surface area contributed by atoms with Crippen molar-refractivity contribution in [1.29, 1.82) is 0 Å². The molecule has 0 saturated carbocycles. The van der Waals surface area contributed by atoms with Gasteiger partial charge in [0.25, 0.3) is 0 Å². The lowest BCUT2D eigenvalue weighted by Crippen LogP contribution is -2.44. The number of hydrogen-bond donors (Lipinski definition) is 0. The third-order valence-corrected chi connectivity index (χ3v) is 12.0. The molecule has 0 N–H and O–H groups in total. The minimum Gasteiger partial charge on any atom is -0.545 e. The average Bonchev–Trinajstić information content (AvgIpc) is 3.26. The fourth-order valence-electron chi connectivity index (χ4n) is 7.74. The van der Waals surface area contributed by atoms with E-state index in [0.717, 1.165) is 38.5 Å². The van der Waals surface area contributed by atoms with E-state index < -0.39 is 24.3 Å². The Morgan fingerprint density at radius 3 is 1.23 bits per heavy atom. The lowest BCUT2D eigenvalue weighted by molar-refractivity contribution is -0.870. The van der Waals surface area contributed by atoms with E-state index in [1.807, 2.05) is 21.1 Å². The monoisotopic (exact) mass is 906 g/mol. The van der Waals surface area contributed by atoms with Crippen LogP contribution in [0.1, 0.15) is 251 Å². The van der Waals surface area contributed by atoms with Crippen molar-refractivity contribution in [2.24, 2.45) is 0 Å². The van der Waals surface area contributed by atoms with Crippen LogP contribution in [0.2, 0.25) is 0 Å². The molecule has 0 aliphatic carbocycles. The van der Waals surface area contributed by atoms with Gasteiger partial charge in [0.2, 0.25) is 0 Å². The van der Waals surface area contributed by atoms with E-state index in [4.69, 9.17) is 18.9 Å². The summed E-state index contributed by atoms with van der Waals surface area (Å²) < 4.78 is 22.7. The van der Waals surface area contributed by atoms with E-state index in [1.165, 1.54) is 180 Å². The van der Waals surface area contributed by atoms with Crippen LogP contribution in [0.15, 0.2) is 24.3 Å². The normalized spacial score (nSPS) is 13.0. The fourth-order valence-corrected chi connectivity index (χ4v) is 7.74. The molecule has 0 heterocycles. The van der Waals surface area contributed by atoms with Crippen LogP contribution in [-0.2, 0) is 33.3 Å². The first-order chi connectivity index (χ1) is 31.1. The summed E-state index contributed by atoms with van der Waals surface area (Å²) in [5, 5.41) is 11.7. The van der Waals surface area contributed by atoms with Crippen molar-refractivity contribution < 1.29 is 42.9 Å². The Kier molecular flexibility index (Phi) is 45.6. The Labute approximate surface area is 395 Å². The van der Waals surface area contributed by atoms with Crippen LogP contribution in [0.25, 0.3) is 0 Å². The summed E-state index contributed by atoms with van der Waals surface area (Å²) in [5.41, 5.74) is 0. The molecule has 2 unspecified atom stereocenters. The summed E-state index contributed by atoms with van der Waals surface area (Å²) in [5.74, 6) is -2.27. The van der Waals surface area contributed by atoms with Gasteiger partial charge in [-0.2, -0.15) is 0 Å². The van der Waals surface area contributed by atoms with Crippen LogP contribution in [0.5, 0.6) is 0 Å². The average molecular weight is 906 g/mol. The summed E-state index contributed by atoms with van der Waals surface area (Å²) in [7, 11) is 5.92. The minimum atomic E-state index is -1.62. The number of ether oxygens (including phenoxy) is 4. The van der Waals surface area contributed by atoms with E-state index in [2.05, 4.69) is 38.2 Å². The molecule has 2 atom stereocenters. The second-order valence-electron chi connectivity index (χ2n) is 19.5.